The molecule has 1 aromatic rings. The molecule has 0 heterocycles. The molecule has 6 nitrogen and oxygen atoms in total. The number of carbonyl (C=O) groups excluding carboxylic acids is 1. The van der Waals surface area contributed by atoms with Gasteiger partial charge in [-0.1, -0.05) is 12.1 Å². The van der Waals surface area contributed by atoms with Gasteiger partial charge in [0, 0.05) is 12.1 Å². The third-order valence-corrected chi connectivity index (χ3v) is 1.92. The van der Waals surface area contributed by atoms with E-state index in [2.05, 4.69) is 4.74 Å². The molecule has 0 saturated carbocycles. The van der Waals surface area contributed by atoms with E-state index in [4.69, 9.17) is 5.73 Å². The first kappa shape index (κ1) is 11.1. The summed E-state index contributed by atoms with van der Waals surface area (Å²) in [5.74, 6) is -0.580. The smallest absolute Gasteiger partial charge is 0.327 e. The van der Waals surface area contributed by atoms with E-state index in [1.165, 1.54) is 31.4 Å². The van der Waals surface area contributed by atoms with Gasteiger partial charge in [-0.05, 0) is 5.56 Å². The lowest BCUT2D eigenvalue weighted by molar-refractivity contribution is -0.384. The topological polar surface area (TPSA) is 95.5 Å². The van der Waals surface area contributed by atoms with E-state index in [0.29, 0.717) is 5.56 Å². The largest absolute Gasteiger partial charge is 0.468 e. The fourth-order valence-electron chi connectivity index (χ4n) is 1.07. The van der Waals surface area contributed by atoms with Crippen molar-refractivity contribution in [2.45, 2.75) is 6.04 Å². The molecular weight excluding hydrogens is 200 g/mol. The van der Waals surface area contributed by atoms with Crippen molar-refractivity contribution < 1.29 is 14.5 Å². The van der Waals surface area contributed by atoms with Crippen LogP contribution in [0.4, 0.5) is 5.69 Å². The molecule has 0 spiro atoms. The Balaban J connectivity index is 2.89. The highest BCUT2D eigenvalue weighted by atomic mass is 16.6. The lowest BCUT2D eigenvalue weighted by atomic mass is 10.1. The summed E-state index contributed by atoms with van der Waals surface area (Å²) in [6, 6.07) is 4.53. The summed E-state index contributed by atoms with van der Waals surface area (Å²) in [4.78, 5) is 20.9. The van der Waals surface area contributed by atoms with E-state index in [0.717, 1.165) is 0 Å². The number of hydrogen-bond acceptors (Lipinski definition) is 5. The van der Waals surface area contributed by atoms with Crippen LogP contribution in [0.5, 0.6) is 0 Å². The van der Waals surface area contributed by atoms with Gasteiger partial charge in [0.1, 0.15) is 6.04 Å². The minimum absolute atomic E-state index is 0.0455. The molecule has 1 unspecified atom stereocenters. The third-order valence-electron chi connectivity index (χ3n) is 1.92. The summed E-state index contributed by atoms with van der Waals surface area (Å²) in [6.45, 7) is 0. The van der Waals surface area contributed by atoms with Crippen LogP contribution in [0.3, 0.4) is 0 Å². The number of rotatable bonds is 3. The fourth-order valence-corrected chi connectivity index (χ4v) is 1.07. The predicted molar refractivity (Wildman–Crippen MR) is 52.0 cm³/mol. The Bertz CT molecular complexity index is 374. The number of ether oxygens (including phenoxy) is 1. The molecule has 6 heteroatoms. The van der Waals surface area contributed by atoms with E-state index in [9.17, 15) is 14.9 Å². The average Bonchev–Trinajstić information content (AvgIpc) is 2.27. The molecule has 0 amide bonds. The number of nitro benzene ring substituents is 1. The van der Waals surface area contributed by atoms with E-state index in [1.54, 1.807) is 0 Å². The Morgan fingerprint density at radius 1 is 1.47 bits per heavy atom. The van der Waals surface area contributed by atoms with Gasteiger partial charge in [-0.25, -0.2) is 0 Å². The summed E-state index contributed by atoms with van der Waals surface area (Å²) in [7, 11) is 1.23. The maximum atomic E-state index is 11.0. The molecule has 1 aromatic carbocycles. The van der Waals surface area contributed by atoms with E-state index in [-0.39, 0.29) is 5.69 Å². The molecule has 0 aliphatic heterocycles. The normalized spacial score (nSPS) is 11.9. The van der Waals surface area contributed by atoms with Crippen LogP contribution >= 0.6 is 0 Å². The molecular formula is C9H10N2O4. The molecule has 0 fully saturated rings. The van der Waals surface area contributed by atoms with Gasteiger partial charge in [0.15, 0.2) is 0 Å². The zero-order valence-electron chi connectivity index (χ0n) is 8.04. The average molecular weight is 210 g/mol. The van der Waals surface area contributed by atoms with Gasteiger partial charge in [-0.15, -0.1) is 0 Å². The number of carbonyl (C=O) groups is 1. The summed E-state index contributed by atoms with van der Waals surface area (Å²) in [5.41, 5.74) is 5.96. The van der Waals surface area contributed by atoms with Crippen LogP contribution in [-0.4, -0.2) is 18.0 Å². The van der Waals surface area contributed by atoms with E-state index < -0.39 is 16.9 Å². The molecule has 1 atom stereocenters. The van der Waals surface area contributed by atoms with Gasteiger partial charge < -0.3 is 10.5 Å². The first-order valence-electron chi connectivity index (χ1n) is 4.14. The highest BCUT2D eigenvalue weighted by molar-refractivity contribution is 5.77. The standard InChI is InChI=1S/C9H10N2O4/c1-15-9(12)8(10)6-2-4-7(5-3-6)11(13)14/h2-5,8H,10H2,1H3. The third kappa shape index (κ3) is 2.50. The summed E-state index contributed by atoms with van der Waals surface area (Å²) >= 11 is 0. The van der Waals surface area contributed by atoms with Crippen LogP contribution in [0.1, 0.15) is 11.6 Å². The van der Waals surface area contributed by atoms with Gasteiger partial charge >= 0.3 is 5.97 Å². The minimum Gasteiger partial charge on any atom is -0.468 e. The van der Waals surface area contributed by atoms with Crippen LogP contribution in [0.25, 0.3) is 0 Å². The molecule has 0 aliphatic carbocycles. The Morgan fingerprint density at radius 2 is 2.00 bits per heavy atom. The highest BCUT2D eigenvalue weighted by Gasteiger charge is 2.16. The molecule has 2 N–H and O–H groups in total. The summed E-state index contributed by atoms with van der Waals surface area (Å²) < 4.78 is 4.45. The van der Waals surface area contributed by atoms with Crippen molar-refractivity contribution in [3.8, 4) is 0 Å². The second-order valence-corrected chi connectivity index (χ2v) is 2.85. The molecule has 0 bridgehead atoms. The predicted octanol–water partition coefficient (Wildman–Crippen LogP) is 0.768. The number of non-ortho nitro benzene ring substituents is 1. The van der Waals surface area contributed by atoms with Crippen LogP contribution in [-0.2, 0) is 9.53 Å². The van der Waals surface area contributed by atoms with Gasteiger partial charge in [-0.2, -0.15) is 0 Å². The first-order valence-corrected chi connectivity index (χ1v) is 4.14. The minimum atomic E-state index is -0.907. The second-order valence-electron chi connectivity index (χ2n) is 2.85. The van der Waals surface area contributed by atoms with Crippen LogP contribution in [0.15, 0.2) is 24.3 Å². The quantitative estimate of drug-likeness (QED) is 0.451. The van der Waals surface area contributed by atoms with Crippen molar-refractivity contribution in [3.05, 3.63) is 39.9 Å². The molecule has 15 heavy (non-hydrogen) atoms. The van der Waals surface area contributed by atoms with Gasteiger partial charge in [0.05, 0.1) is 12.0 Å². The van der Waals surface area contributed by atoms with Crippen LogP contribution < -0.4 is 5.73 Å². The zero-order valence-corrected chi connectivity index (χ0v) is 8.04. The Morgan fingerprint density at radius 3 is 2.40 bits per heavy atom. The molecule has 0 aliphatic rings. The maximum absolute atomic E-state index is 11.0. The highest BCUT2D eigenvalue weighted by Crippen LogP contribution is 2.16. The Labute approximate surface area is 85.8 Å². The molecule has 0 aromatic heterocycles. The Kier molecular flexibility index (Phi) is 3.35. The van der Waals surface area contributed by atoms with Gasteiger partial charge in [0.25, 0.3) is 5.69 Å². The summed E-state index contributed by atoms with van der Waals surface area (Å²) in [6.07, 6.45) is 0. The maximum Gasteiger partial charge on any atom is 0.327 e. The zero-order chi connectivity index (χ0) is 11.4. The van der Waals surface area contributed by atoms with Gasteiger partial charge in [0.2, 0.25) is 0 Å². The van der Waals surface area contributed by atoms with Crippen LogP contribution in [0, 0.1) is 10.1 Å². The number of esters is 1. The van der Waals surface area contributed by atoms with Crippen molar-refractivity contribution in [1.29, 1.82) is 0 Å². The van der Waals surface area contributed by atoms with E-state index in [1.807, 2.05) is 0 Å². The van der Waals surface area contributed by atoms with Crippen molar-refractivity contribution >= 4 is 11.7 Å². The monoisotopic (exact) mass is 210 g/mol. The van der Waals surface area contributed by atoms with Crippen LogP contribution in [0.2, 0.25) is 0 Å². The van der Waals surface area contributed by atoms with Crippen molar-refractivity contribution in [2.75, 3.05) is 7.11 Å². The number of hydrogen-bond donors (Lipinski definition) is 1. The fraction of sp³-hybridized carbons (Fsp3) is 0.222. The first-order chi connectivity index (χ1) is 7.06. The molecule has 80 valence electrons. The molecule has 1 rings (SSSR count). The Hall–Kier alpha value is -1.95. The lowest BCUT2D eigenvalue weighted by Gasteiger charge is -2.08. The number of nitrogens with two attached hydrogens (primary N) is 1. The lowest BCUT2D eigenvalue weighted by Crippen LogP contribution is -2.22. The SMILES string of the molecule is COC(=O)C(N)c1ccc([N+](=O)[O-])cc1. The number of nitro groups is 1. The van der Waals surface area contributed by atoms with Crippen molar-refractivity contribution in [1.82, 2.24) is 0 Å². The summed E-state index contributed by atoms with van der Waals surface area (Å²) in [5, 5.41) is 10.4. The molecule has 0 radical (unpaired) electrons. The van der Waals surface area contributed by atoms with Crippen molar-refractivity contribution in [3.63, 3.8) is 0 Å². The van der Waals surface area contributed by atoms with Gasteiger partial charge in [-0.3, -0.25) is 14.9 Å². The second kappa shape index (κ2) is 4.52. The number of nitrogens with zero attached hydrogens (tertiary/aromatic N) is 1. The van der Waals surface area contributed by atoms with E-state index >= 15 is 0 Å². The number of methoxy groups -OCH3 is 1. The van der Waals surface area contributed by atoms with Crippen molar-refractivity contribution in [2.24, 2.45) is 5.73 Å². The molecule has 0 saturated heterocycles. The number of benzene rings is 1.